The summed E-state index contributed by atoms with van der Waals surface area (Å²) in [5, 5.41) is 1.76. The quantitative estimate of drug-likeness (QED) is 0.620. The third kappa shape index (κ3) is 2.52. The zero-order valence-corrected chi connectivity index (χ0v) is 16.5. The first-order valence-electron chi connectivity index (χ1n) is 8.20. The third-order valence-electron chi connectivity index (χ3n) is 5.15. The molecule has 5 heteroatoms. The van der Waals surface area contributed by atoms with Crippen molar-refractivity contribution in [3.05, 3.63) is 11.0 Å². The molecule has 0 unspecified atom stereocenters. The van der Waals surface area contributed by atoms with Gasteiger partial charge in [0.25, 0.3) is 0 Å². The number of hydrogen-bond acceptors (Lipinski definition) is 3. The maximum absolute atomic E-state index is 3.50. The van der Waals surface area contributed by atoms with E-state index in [1.165, 1.54) is 19.3 Å². The van der Waals surface area contributed by atoms with Crippen LogP contribution in [0.1, 0.15) is 60.8 Å². The molecule has 0 amide bonds. The fraction of sp³-hybridized carbons (Fsp3) is 0.875. The van der Waals surface area contributed by atoms with E-state index in [2.05, 4.69) is 66.3 Å². The van der Waals surface area contributed by atoms with Crippen molar-refractivity contribution in [2.75, 3.05) is 6.67 Å². The Bertz CT molecular complexity index is 443. The van der Waals surface area contributed by atoms with Crippen molar-refractivity contribution in [2.24, 2.45) is 11.8 Å². The van der Waals surface area contributed by atoms with Crippen molar-refractivity contribution in [2.45, 2.75) is 71.9 Å². The lowest BCUT2D eigenvalue weighted by molar-refractivity contribution is 0.0783. The standard InChI is InChI=1S/C16H30N3PSi/c1-15(2,3)18-10-19(16(4,5)6)20(18)14-12-8-7-11(9-12)13(14)17-21/h11-12,17,21H,7-10H2,1-6H3/t11-,12+/m1/s1. The molecule has 21 heavy (non-hydrogen) atoms. The fourth-order valence-corrected chi connectivity index (χ4v) is 7.69. The summed E-state index contributed by atoms with van der Waals surface area (Å²) in [5.41, 5.74) is 2.08. The van der Waals surface area contributed by atoms with Gasteiger partial charge in [0.2, 0.25) is 0 Å². The summed E-state index contributed by atoms with van der Waals surface area (Å²) < 4.78 is 5.48. The van der Waals surface area contributed by atoms with Crippen LogP contribution in [-0.2, 0) is 0 Å². The summed E-state index contributed by atoms with van der Waals surface area (Å²) in [6, 6.07) is 0. The summed E-state index contributed by atoms with van der Waals surface area (Å²) in [7, 11) is 2.47. The molecule has 2 bridgehead atoms. The molecule has 2 radical (unpaired) electrons. The molecule has 1 saturated carbocycles. The van der Waals surface area contributed by atoms with E-state index in [0.717, 1.165) is 18.5 Å². The van der Waals surface area contributed by atoms with Gasteiger partial charge >= 0.3 is 0 Å². The topological polar surface area (TPSA) is 18.5 Å². The molecule has 1 N–H and O–H groups in total. The maximum Gasteiger partial charge on any atom is 0.154 e. The van der Waals surface area contributed by atoms with E-state index in [-0.39, 0.29) is 19.3 Å². The number of nitrogens with one attached hydrogen (secondary N) is 1. The zero-order chi connectivity index (χ0) is 15.6. The van der Waals surface area contributed by atoms with Crippen molar-refractivity contribution < 1.29 is 0 Å². The molecule has 2 atom stereocenters. The van der Waals surface area contributed by atoms with Gasteiger partial charge in [0.1, 0.15) is 0 Å². The van der Waals surface area contributed by atoms with Crippen LogP contribution in [0.5, 0.6) is 0 Å². The molecule has 1 heterocycles. The van der Waals surface area contributed by atoms with Gasteiger partial charge in [0, 0.05) is 22.1 Å². The predicted octanol–water partition coefficient (Wildman–Crippen LogP) is 3.52. The van der Waals surface area contributed by atoms with Gasteiger partial charge < -0.3 is 4.98 Å². The maximum atomic E-state index is 3.50. The molecule has 2 fully saturated rings. The van der Waals surface area contributed by atoms with Gasteiger partial charge in [0.05, 0.1) is 14.9 Å². The number of rotatable bonds is 2. The summed E-state index contributed by atoms with van der Waals surface area (Å²) in [4.78, 5) is 3.50. The van der Waals surface area contributed by atoms with Crippen LogP contribution >= 0.6 is 8.22 Å². The first-order valence-corrected chi connectivity index (χ1v) is 10.0. The van der Waals surface area contributed by atoms with Crippen molar-refractivity contribution in [1.82, 2.24) is 14.3 Å². The van der Waals surface area contributed by atoms with E-state index in [4.69, 9.17) is 0 Å². The van der Waals surface area contributed by atoms with Crippen molar-refractivity contribution in [3.63, 3.8) is 0 Å². The van der Waals surface area contributed by atoms with Gasteiger partial charge in [-0.05, 0) is 72.6 Å². The van der Waals surface area contributed by atoms with E-state index in [9.17, 15) is 0 Å². The van der Waals surface area contributed by atoms with Crippen LogP contribution in [0.2, 0.25) is 0 Å². The Kier molecular flexibility index (Phi) is 3.85. The zero-order valence-electron chi connectivity index (χ0n) is 14.4. The normalized spacial score (nSPS) is 32.0. The van der Waals surface area contributed by atoms with Crippen LogP contribution in [0, 0.1) is 11.8 Å². The minimum absolute atomic E-state index is 0.258. The Labute approximate surface area is 134 Å². The van der Waals surface area contributed by atoms with Crippen LogP contribution in [0.15, 0.2) is 11.0 Å². The van der Waals surface area contributed by atoms with E-state index in [1.807, 2.05) is 0 Å². The minimum Gasteiger partial charge on any atom is -0.417 e. The van der Waals surface area contributed by atoms with Gasteiger partial charge in [-0.3, -0.25) is 0 Å². The molecule has 2 aliphatic carbocycles. The number of hydrogen-bond donors (Lipinski definition) is 1. The van der Waals surface area contributed by atoms with Gasteiger partial charge in [-0.15, -0.1) is 0 Å². The van der Waals surface area contributed by atoms with Gasteiger partial charge in [-0.2, -0.15) is 0 Å². The third-order valence-corrected chi connectivity index (χ3v) is 8.86. The Balaban J connectivity index is 1.97. The summed E-state index contributed by atoms with van der Waals surface area (Å²) in [5.74, 6) is 1.63. The first-order chi connectivity index (χ1) is 9.64. The second-order valence-corrected chi connectivity index (χ2v) is 11.0. The Morgan fingerprint density at radius 1 is 1.00 bits per heavy atom. The molecule has 3 aliphatic rings. The number of fused-ring (bicyclic) bond motifs is 2. The SMILES string of the molecule is CC(C)(C)N1CN(C(C)(C)C)P1C1=C(N[SiH])[C@@H]2CC[C@H]1C2. The summed E-state index contributed by atoms with van der Waals surface area (Å²) in [6.07, 6.45) is 4.19. The van der Waals surface area contributed by atoms with Crippen LogP contribution in [0.4, 0.5) is 0 Å². The van der Waals surface area contributed by atoms with Crippen molar-refractivity contribution in [3.8, 4) is 0 Å². The number of nitrogens with zero attached hydrogens (tertiary/aromatic N) is 2. The fourth-order valence-electron chi connectivity index (χ4n) is 3.95. The van der Waals surface area contributed by atoms with Gasteiger partial charge in [-0.25, -0.2) is 9.34 Å². The Morgan fingerprint density at radius 2 is 1.52 bits per heavy atom. The monoisotopic (exact) mass is 323 g/mol. The molecular formula is C16H30N3PSi. The Hall–Kier alpha value is 0.107. The highest BCUT2D eigenvalue weighted by Gasteiger charge is 2.54. The number of allylic oxidation sites excluding steroid dienone is 2. The molecule has 3 rings (SSSR count). The van der Waals surface area contributed by atoms with E-state index >= 15 is 0 Å². The van der Waals surface area contributed by atoms with Crippen molar-refractivity contribution >= 4 is 18.6 Å². The van der Waals surface area contributed by atoms with Crippen LogP contribution in [-0.4, -0.2) is 37.5 Å². The molecule has 1 saturated heterocycles. The smallest absolute Gasteiger partial charge is 0.154 e. The Morgan fingerprint density at radius 3 is 2.00 bits per heavy atom. The largest absolute Gasteiger partial charge is 0.417 e. The average Bonchev–Trinajstić information content (AvgIpc) is 2.83. The second-order valence-electron chi connectivity index (χ2n) is 8.72. The second kappa shape index (κ2) is 5.05. The molecule has 0 aromatic rings. The average molecular weight is 323 g/mol. The minimum atomic E-state index is -0.291. The molecule has 0 aromatic carbocycles. The van der Waals surface area contributed by atoms with Crippen molar-refractivity contribution in [1.29, 1.82) is 0 Å². The molecular weight excluding hydrogens is 293 g/mol. The summed E-state index contributed by atoms with van der Waals surface area (Å²) in [6.45, 7) is 15.3. The highest BCUT2D eigenvalue weighted by atomic mass is 31.1. The molecule has 3 nitrogen and oxygen atoms in total. The van der Waals surface area contributed by atoms with E-state index < -0.39 is 0 Å². The predicted molar refractivity (Wildman–Crippen MR) is 93.1 cm³/mol. The molecule has 1 aliphatic heterocycles. The van der Waals surface area contributed by atoms with Crippen LogP contribution in [0.25, 0.3) is 0 Å². The lowest BCUT2D eigenvalue weighted by Crippen LogP contribution is -2.60. The first kappa shape index (κ1) is 16.0. The van der Waals surface area contributed by atoms with E-state index in [0.29, 0.717) is 0 Å². The molecule has 0 spiro atoms. The van der Waals surface area contributed by atoms with Gasteiger partial charge in [0.15, 0.2) is 10.4 Å². The van der Waals surface area contributed by atoms with E-state index in [1.54, 1.807) is 11.0 Å². The van der Waals surface area contributed by atoms with Crippen LogP contribution < -0.4 is 4.98 Å². The molecule has 118 valence electrons. The lowest BCUT2D eigenvalue weighted by atomic mass is 10.1. The molecule has 0 aromatic heterocycles. The highest BCUT2D eigenvalue weighted by Crippen LogP contribution is 2.71. The highest BCUT2D eigenvalue weighted by molar-refractivity contribution is 7.58. The summed E-state index contributed by atoms with van der Waals surface area (Å²) >= 11 is 0. The van der Waals surface area contributed by atoms with Crippen LogP contribution in [0.3, 0.4) is 0 Å². The van der Waals surface area contributed by atoms with Gasteiger partial charge in [-0.1, -0.05) is 0 Å². The lowest BCUT2D eigenvalue weighted by Gasteiger charge is -2.61.